The van der Waals surface area contributed by atoms with Crippen LogP contribution in [0.15, 0.2) is 49.4 Å². The molecule has 0 atom stereocenters. The van der Waals surface area contributed by atoms with E-state index in [0.717, 1.165) is 33.3 Å². The van der Waals surface area contributed by atoms with Crippen LogP contribution in [0, 0.1) is 6.92 Å². The first-order valence-corrected chi connectivity index (χ1v) is 8.59. The quantitative estimate of drug-likeness (QED) is 0.678. The standard InChI is InChI=1S/C21H21N3/c1-14(17-7-9-20-18(11-17)12-22-13-23-20)19-8-10-21(24-15(19)2)16-5-3-4-6-16/h7-13,16H,1,3-6H2,2H3. The Hall–Kier alpha value is -2.55. The molecule has 3 aromatic rings. The van der Waals surface area contributed by atoms with Crippen LogP contribution in [0.25, 0.3) is 16.5 Å². The highest BCUT2D eigenvalue weighted by molar-refractivity contribution is 5.86. The van der Waals surface area contributed by atoms with Gasteiger partial charge in [-0.25, -0.2) is 9.97 Å². The molecule has 3 heteroatoms. The molecule has 1 fully saturated rings. The van der Waals surface area contributed by atoms with E-state index in [0.29, 0.717) is 5.92 Å². The van der Waals surface area contributed by atoms with Crippen molar-refractivity contribution in [3.8, 4) is 0 Å². The first-order valence-electron chi connectivity index (χ1n) is 8.59. The Morgan fingerprint density at radius 1 is 1.12 bits per heavy atom. The summed E-state index contributed by atoms with van der Waals surface area (Å²) in [6, 6.07) is 10.6. The Bertz CT molecular complexity index is 908. The molecular formula is C21H21N3. The van der Waals surface area contributed by atoms with E-state index < -0.39 is 0 Å². The molecule has 0 amide bonds. The Morgan fingerprint density at radius 3 is 2.75 bits per heavy atom. The van der Waals surface area contributed by atoms with Crippen molar-refractivity contribution in [2.24, 2.45) is 0 Å². The number of pyridine rings is 1. The maximum atomic E-state index is 4.88. The second kappa shape index (κ2) is 6.16. The van der Waals surface area contributed by atoms with Gasteiger partial charge in [0.05, 0.1) is 5.52 Å². The molecule has 0 unspecified atom stereocenters. The predicted octanol–water partition coefficient (Wildman–Crippen LogP) is 5.05. The second-order valence-corrected chi connectivity index (χ2v) is 6.63. The van der Waals surface area contributed by atoms with Crippen LogP contribution in [0.1, 0.15) is 54.1 Å². The van der Waals surface area contributed by atoms with E-state index in [9.17, 15) is 0 Å². The van der Waals surface area contributed by atoms with Crippen molar-refractivity contribution in [3.05, 3.63) is 71.9 Å². The third kappa shape index (κ3) is 2.71. The summed E-state index contributed by atoms with van der Waals surface area (Å²) in [6.07, 6.45) is 8.63. The van der Waals surface area contributed by atoms with Crippen LogP contribution in [0.3, 0.4) is 0 Å². The first kappa shape index (κ1) is 15.0. The average Bonchev–Trinajstić information content (AvgIpc) is 3.15. The van der Waals surface area contributed by atoms with E-state index in [1.54, 1.807) is 6.33 Å². The maximum absolute atomic E-state index is 4.88. The van der Waals surface area contributed by atoms with Crippen molar-refractivity contribution in [2.45, 2.75) is 38.5 Å². The highest BCUT2D eigenvalue weighted by Gasteiger charge is 2.19. The third-order valence-corrected chi connectivity index (χ3v) is 5.06. The van der Waals surface area contributed by atoms with Gasteiger partial charge in [0.2, 0.25) is 0 Å². The van der Waals surface area contributed by atoms with E-state index in [4.69, 9.17) is 4.98 Å². The fraction of sp³-hybridized carbons (Fsp3) is 0.286. The number of aryl methyl sites for hydroxylation is 1. The van der Waals surface area contributed by atoms with E-state index >= 15 is 0 Å². The largest absolute Gasteiger partial charge is 0.257 e. The molecule has 2 aromatic heterocycles. The molecule has 24 heavy (non-hydrogen) atoms. The van der Waals surface area contributed by atoms with Gasteiger partial charge in [0.15, 0.2) is 0 Å². The van der Waals surface area contributed by atoms with E-state index in [2.05, 4.69) is 47.7 Å². The molecule has 0 radical (unpaired) electrons. The fourth-order valence-corrected chi connectivity index (χ4v) is 3.68. The lowest BCUT2D eigenvalue weighted by Crippen LogP contribution is -2.01. The zero-order valence-electron chi connectivity index (χ0n) is 14.0. The summed E-state index contributed by atoms with van der Waals surface area (Å²) in [5, 5.41) is 1.03. The first-order chi connectivity index (χ1) is 11.7. The van der Waals surface area contributed by atoms with E-state index in [1.165, 1.54) is 31.4 Å². The zero-order valence-corrected chi connectivity index (χ0v) is 14.0. The van der Waals surface area contributed by atoms with Gasteiger partial charge < -0.3 is 0 Å². The highest BCUT2D eigenvalue weighted by Crippen LogP contribution is 2.34. The van der Waals surface area contributed by atoms with Gasteiger partial charge in [-0.15, -0.1) is 0 Å². The monoisotopic (exact) mass is 315 g/mol. The molecule has 2 heterocycles. The van der Waals surface area contributed by atoms with Crippen LogP contribution in [0.5, 0.6) is 0 Å². The van der Waals surface area contributed by atoms with Gasteiger partial charge in [0.1, 0.15) is 6.33 Å². The summed E-state index contributed by atoms with van der Waals surface area (Å²) in [4.78, 5) is 13.3. The second-order valence-electron chi connectivity index (χ2n) is 6.63. The van der Waals surface area contributed by atoms with Crippen LogP contribution >= 0.6 is 0 Å². The van der Waals surface area contributed by atoms with Crippen LogP contribution in [-0.2, 0) is 0 Å². The summed E-state index contributed by atoms with van der Waals surface area (Å²) >= 11 is 0. The maximum Gasteiger partial charge on any atom is 0.116 e. The van der Waals surface area contributed by atoms with Crippen molar-refractivity contribution in [1.82, 2.24) is 15.0 Å². The molecular weight excluding hydrogens is 294 g/mol. The minimum atomic E-state index is 0.642. The number of benzene rings is 1. The van der Waals surface area contributed by atoms with E-state index in [-0.39, 0.29) is 0 Å². The Morgan fingerprint density at radius 2 is 1.96 bits per heavy atom. The molecule has 1 aliphatic rings. The average molecular weight is 315 g/mol. The van der Waals surface area contributed by atoms with Crippen molar-refractivity contribution < 1.29 is 0 Å². The number of nitrogens with zero attached hydrogens (tertiary/aromatic N) is 3. The van der Waals surface area contributed by atoms with Crippen LogP contribution in [0.2, 0.25) is 0 Å². The Kier molecular flexibility index (Phi) is 3.85. The number of aromatic nitrogens is 3. The molecule has 0 saturated heterocycles. The lowest BCUT2D eigenvalue weighted by Gasteiger charge is -2.14. The molecule has 0 bridgehead atoms. The fourth-order valence-electron chi connectivity index (χ4n) is 3.68. The smallest absolute Gasteiger partial charge is 0.116 e. The number of fused-ring (bicyclic) bond motifs is 1. The number of hydrogen-bond acceptors (Lipinski definition) is 3. The topological polar surface area (TPSA) is 38.7 Å². The van der Waals surface area contributed by atoms with Crippen LogP contribution in [0.4, 0.5) is 0 Å². The van der Waals surface area contributed by atoms with Crippen molar-refractivity contribution in [1.29, 1.82) is 0 Å². The van der Waals surface area contributed by atoms with Crippen molar-refractivity contribution >= 4 is 16.5 Å². The molecule has 120 valence electrons. The normalized spacial score (nSPS) is 15.0. The Labute approximate surface area is 142 Å². The minimum absolute atomic E-state index is 0.642. The molecule has 0 N–H and O–H groups in total. The summed E-state index contributed by atoms with van der Waals surface area (Å²) in [7, 11) is 0. The number of rotatable bonds is 3. The SMILES string of the molecule is C=C(c1ccc2ncncc2c1)c1ccc(C2CCCC2)nc1C. The predicted molar refractivity (Wildman–Crippen MR) is 97.9 cm³/mol. The summed E-state index contributed by atoms with van der Waals surface area (Å²) in [5.74, 6) is 0.642. The summed E-state index contributed by atoms with van der Waals surface area (Å²) in [6.45, 7) is 6.40. The van der Waals surface area contributed by atoms with Gasteiger partial charge in [0, 0.05) is 34.5 Å². The Balaban J connectivity index is 1.67. The van der Waals surface area contributed by atoms with Crippen molar-refractivity contribution in [3.63, 3.8) is 0 Å². The molecule has 0 spiro atoms. The molecule has 4 rings (SSSR count). The molecule has 1 saturated carbocycles. The molecule has 1 aliphatic carbocycles. The molecule has 3 nitrogen and oxygen atoms in total. The molecule has 0 aliphatic heterocycles. The van der Waals surface area contributed by atoms with Crippen LogP contribution < -0.4 is 0 Å². The lowest BCUT2D eigenvalue weighted by atomic mass is 9.95. The van der Waals surface area contributed by atoms with E-state index in [1.807, 2.05) is 12.3 Å². The summed E-state index contributed by atoms with van der Waals surface area (Å²) < 4.78 is 0. The molecule has 1 aromatic carbocycles. The van der Waals surface area contributed by atoms with Crippen LogP contribution in [-0.4, -0.2) is 15.0 Å². The van der Waals surface area contributed by atoms with Gasteiger partial charge in [0.25, 0.3) is 0 Å². The number of hydrogen-bond donors (Lipinski definition) is 0. The van der Waals surface area contributed by atoms with Gasteiger partial charge >= 0.3 is 0 Å². The van der Waals surface area contributed by atoms with Gasteiger partial charge in [-0.2, -0.15) is 0 Å². The third-order valence-electron chi connectivity index (χ3n) is 5.06. The zero-order chi connectivity index (χ0) is 16.5. The van der Waals surface area contributed by atoms with Crippen molar-refractivity contribution in [2.75, 3.05) is 0 Å². The highest BCUT2D eigenvalue weighted by atomic mass is 14.8. The minimum Gasteiger partial charge on any atom is -0.257 e. The summed E-state index contributed by atoms with van der Waals surface area (Å²) in [5.41, 5.74) is 6.47. The van der Waals surface area contributed by atoms with Gasteiger partial charge in [-0.05, 0) is 49.1 Å². The van der Waals surface area contributed by atoms with Gasteiger partial charge in [-0.3, -0.25) is 4.98 Å². The van der Waals surface area contributed by atoms with Gasteiger partial charge in [-0.1, -0.05) is 31.6 Å². The lowest BCUT2D eigenvalue weighted by molar-refractivity contribution is 0.694.